The summed E-state index contributed by atoms with van der Waals surface area (Å²) in [4.78, 5) is 11.0. The standard InChI is InChI=1S/C8H16BrNO3S/c1-3-7(9)8(11)10-5-4-6-14(2,12)13/h7H,3-6H2,1-2H3,(H,10,11). The second-order valence-electron chi connectivity index (χ2n) is 3.15. The molecule has 0 aliphatic carbocycles. The quantitative estimate of drug-likeness (QED) is 0.578. The second kappa shape index (κ2) is 6.40. The van der Waals surface area contributed by atoms with Crippen molar-refractivity contribution in [2.24, 2.45) is 0 Å². The molecule has 0 heterocycles. The predicted molar refractivity (Wildman–Crippen MR) is 60.3 cm³/mol. The van der Waals surface area contributed by atoms with E-state index in [1.807, 2.05) is 6.92 Å². The lowest BCUT2D eigenvalue weighted by molar-refractivity contribution is -0.120. The van der Waals surface area contributed by atoms with E-state index in [9.17, 15) is 13.2 Å². The van der Waals surface area contributed by atoms with E-state index in [4.69, 9.17) is 0 Å². The number of hydrogen-bond acceptors (Lipinski definition) is 3. The van der Waals surface area contributed by atoms with Gasteiger partial charge in [0.25, 0.3) is 0 Å². The first-order valence-corrected chi connectivity index (χ1v) is 7.44. The molecule has 0 rings (SSSR count). The maximum Gasteiger partial charge on any atom is 0.233 e. The summed E-state index contributed by atoms with van der Waals surface area (Å²) in [5.74, 6) is 0.0350. The van der Waals surface area contributed by atoms with Gasteiger partial charge in [-0.3, -0.25) is 4.79 Å². The molecular formula is C8H16BrNO3S. The van der Waals surface area contributed by atoms with Gasteiger partial charge >= 0.3 is 0 Å². The van der Waals surface area contributed by atoms with Crippen molar-refractivity contribution in [3.63, 3.8) is 0 Å². The molecule has 1 amide bonds. The summed E-state index contributed by atoms with van der Waals surface area (Å²) < 4.78 is 21.5. The average molecular weight is 286 g/mol. The molecule has 1 N–H and O–H groups in total. The molecule has 0 aliphatic rings. The van der Waals surface area contributed by atoms with Gasteiger partial charge < -0.3 is 5.32 Å². The Morgan fingerprint density at radius 1 is 1.50 bits per heavy atom. The Labute approximate surface area is 93.5 Å². The summed E-state index contributed by atoms with van der Waals surface area (Å²) in [6, 6.07) is 0. The van der Waals surface area contributed by atoms with Gasteiger partial charge in [0.15, 0.2) is 0 Å². The van der Waals surface area contributed by atoms with Crippen LogP contribution in [0.2, 0.25) is 0 Å². The third kappa shape index (κ3) is 7.32. The van der Waals surface area contributed by atoms with Gasteiger partial charge in [0.2, 0.25) is 5.91 Å². The van der Waals surface area contributed by atoms with Crippen LogP contribution in [0.4, 0.5) is 0 Å². The SMILES string of the molecule is CCC(Br)C(=O)NCCCS(C)(=O)=O. The number of hydrogen-bond donors (Lipinski definition) is 1. The molecule has 0 aromatic heterocycles. The van der Waals surface area contributed by atoms with E-state index < -0.39 is 9.84 Å². The maximum atomic E-state index is 11.2. The first kappa shape index (κ1) is 13.9. The Morgan fingerprint density at radius 3 is 2.50 bits per heavy atom. The van der Waals surface area contributed by atoms with Gasteiger partial charge in [-0.1, -0.05) is 22.9 Å². The van der Waals surface area contributed by atoms with Crippen molar-refractivity contribution in [2.75, 3.05) is 18.6 Å². The first-order chi connectivity index (χ1) is 6.37. The molecule has 0 aliphatic heterocycles. The minimum absolute atomic E-state index is 0.0824. The third-order valence-electron chi connectivity index (χ3n) is 1.63. The van der Waals surface area contributed by atoms with E-state index in [1.54, 1.807) is 0 Å². The van der Waals surface area contributed by atoms with Crippen LogP contribution < -0.4 is 5.32 Å². The fourth-order valence-corrected chi connectivity index (χ4v) is 1.67. The molecule has 14 heavy (non-hydrogen) atoms. The Hall–Kier alpha value is -0.100. The zero-order chi connectivity index (χ0) is 11.2. The highest BCUT2D eigenvalue weighted by molar-refractivity contribution is 9.10. The molecule has 0 bridgehead atoms. The smallest absolute Gasteiger partial charge is 0.233 e. The van der Waals surface area contributed by atoms with Crippen molar-refractivity contribution >= 4 is 31.7 Å². The van der Waals surface area contributed by atoms with Crippen LogP contribution in [0.25, 0.3) is 0 Å². The topological polar surface area (TPSA) is 63.2 Å². The van der Waals surface area contributed by atoms with E-state index in [0.29, 0.717) is 13.0 Å². The molecule has 1 atom stereocenters. The van der Waals surface area contributed by atoms with Crippen molar-refractivity contribution < 1.29 is 13.2 Å². The van der Waals surface area contributed by atoms with Crippen molar-refractivity contribution in [1.82, 2.24) is 5.32 Å². The van der Waals surface area contributed by atoms with Crippen LogP contribution in [-0.2, 0) is 14.6 Å². The zero-order valence-corrected chi connectivity index (χ0v) is 10.8. The molecule has 0 radical (unpaired) electrons. The number of rotatable bonds is 6. The molecule has 0 saturated carbocycles. The van der Waals surface area contributed by atoms with Crippen molar-refractivity contribution in [2.45, 2.75) is 24.6 Å². The highest BCUT2D eigenvalue weighted by atomic mass is 79.9. The Balaban J connectivity index is 3.61. The summed E-state index contributed by atoms with van der Waals surface area (Å²) in [7, 11) is -2.91. The van der Waals surface area contributed by atoms with E-state index in [2.05, 4.69) is 21.2 Å². The molecule has 0 fully saturated rings. The molecule has 0 saturated heterocycles. The molecule has 6 heteroatoms. The molecular weight excluding hydrogens is 270 g/mol. The van der Waals surface area contributed by atoms with Crippen LogP contribution in [0.3, 0.4) is 0 Å². The average Bonchev–Trinajstić information content (AvgIpc) is 2.09. The number of carbonyl (C=O) groups excluding carboxylic acids is 1. The number of alkyl halides is 1. The molecule has 0 spiro atoms. The maximum absolute atomic E-state index is 11.2. The molecule has 0 aromatic rings. The highest BCUT2D eigenvalue weighted by Gasteiger charge is 2.11. The van der Waals surface area contributed by atoms with Crippen molar-refractivity contribution in [3.8, 4) is 0 Å². The summed E-state index contributed by atoms with van der Waals surface area (Å²) in [5, 5.41) is 2.66. The lowest BCUT2D eigenvalue weighted by atomic mass is 10.3. The zero-order valence-electron chi connectivity index (χ0n) is 8.42. The van der Waals surface area contributed by atoms with E-state index in [0.717, 1.165) is 6.42 Å². The number of amides is 1. The van der Waals surface area contributed by atoms with Gasteiger partial charge in [-0.25, -0.2) is 8.42 Å². The van der Waals surface area contributed by atoms with E-state index in [-0.39, 0.29) is 16.5 Å². The Bertz CT molecular complexity index is 276. The second-order valence-corrected chi connectivity index (χ2v) is 6.52. The minimum atomic E-state index is -2.91. The lowest BCUT2D eigenvalue weighted by Gasteiger charge is -2.07. The first-order valence-electron chi connectivity index (χ1n) is 4.46. The van der Waals surface area contributed by atoms with Crippen molar-refractivity contribution in [1.29, 1.82) is 0 Å². The van der Waals surface area contributed by atoms with Gasteiger partial charge in [-0.05, 0) is 12.8 Å². The van der Waals surface area contributed by atoms with Crippen LogP contribution in [-0.4, -0.2) is 37.7 Å². The summed E-state index contributed by atoms with van der Waals surface area (Å²) in [6.07, 6.45) is 2.38. The van der Waals surface area contributed by atoms with Crippen LogP contribution in [0.5, 0.6) is 0 Å². The van der Waals surface area contributed by atoms with Gasteiger partial charge in [0, 0.05) is 12.8 Å². The van der Waals surface area contributed by atoms with E-state index >= 15 is 0 Å². The molecule has 1 unspecified atom stereocenters. The Morgan fingerprint density at radius 2 is 2.07 bits per heavy atom. The molecule has 84 valence electrons. The predicted octanol–water partition coefficient (Wildman–Crippen LogP) is 0.711. The number of carbonyl (C=O) groups is 1. The van der Waals surface area contributed by atoms with Gasteiger partial charge in [0.05, 0.1) is 10.6 Å². The van der Waals surface area contributed by atoms with Gasteiger partial charge in [0.1, 0.15) is 9.84 Å². The van der Waals surface area contributed by atoms with Crippen LogP contribution in [0, 0.1) is 0 Å². The van der Waals surface area contributed by atoms with Gasteiger partial charge in [-0.15, -0.1) is 0 Å². The molecule has 4 nitrogen and oxygen atoms in total. The van der Waals surface area contributed by atoms with Crippen LogP contribution in [0.15, 0.2) is 0 Å². The fraction of sp³-hybridized carbons (Fsp3) is 0.875. The largest absolute Gasteiger partial charge is 0.355 e. The number of halogens is 1. The van der Waals surface area contributed by atoms with Crippen LogP contribution in [0.1, 0.15) is 19.8 Å². The minimum Gasteiger partial charge on any atom is -0.355 e. The van der Waals surface area contributed by atoms with Crippen LogP contribution >= 0.6 is 15.9 Å². The van der Waals surface area contributed by atoms with Crippen molar-refractivity contribution in [3.05, 3.63) is 0 Å². The summed E-state index contributed by atoms with van der Waals surface area (Å²) in [5.41, 5.74) is 0. The Kier molecular flexibility index (Phi) is 6.35. The fourth-order valence-electron chi connectivity index (χ4n) is 0.842. The monoisotopic (exact) mass is 285 g/mol. The normalized spacial score (nSPS) is 13.6. The number of nitrogens with one attached hydrogen (secondary N) is 1. The molecule has 0 aromatic carbocycles. The van der Waals surface area contributed by atoms with E-state index in [1.165, 1.54) is 6.26 Å². The van der Waals surface area contributed by atoms with Gasteiger partial charge in [-0.2, -0.15) is 0 Å². The highest BCUT2D eigenvalue weighted by Crippen LogP contribution is 2.03. The summed E-state index contributed by atoms with van der Waals surface area (Å²) in [6.45, 7) is 2.31. The number of sulfone groups is 1. The lowest BCUT2D eigenvalue weighted by Crippen LogP contribution is -2.32. The third-order valence-corrected chi connectivity index (χ3v) is 3.73. The summed E-state index contributed by atoms with van der Waals surface area (Å²) >= 11 is 3.20.